The van der Waals surface area contributed by atoms with Gasteiger partial charge in [-0.1, -0.05) is 45.0 Å². The molecule has 2 aromatic carbocycles. The van der Waals surface area contributed by atoms with Crippen molar-refractivity contribution in [3.05, 3.63) is 47.0 Å². The number of rotatable bonds is 13. The molecule has 1 N–H and O–H groups in total. The van der Waals surface area contributed by atoms with Crippen LogP contribution in [0.2, 0.25) is 6.04 Å². The van der Waals surface area contributed by atoms with Crippen LogP contribution in [0.4, 0.5) is 0 Å². The fraction of sp³-hybridized carbons (Fsp3) is 0.500. The highest BCUT2D eigenvalue weighted by atomic mass is 28.4. The van der Waals surface area contributed by atoms with Crippen LogP contribution in [0.3, 0.4) is 0 Å². The SMILES string of the molecule is CCCO[Si](CCCc1ccc2cccc3c2c1C(=O)NC3=O)(OCCC)OCCC. The quantitative estimate of drug-likeness (QED) is 0.353. The summed E-state index contributed by atoms with van der Waals surface area (Å²) in [6.45, 7) is 8.10. The molecule has 0 unspecified atom stereocenters. The highest BCUT2D eigenvalue weighted by Crippen LogP contribution is 2.31. The van der Waals surface area contributed by atoms with Gasteiger partial charge in [0.25, 0.3) is 11.8 Å². The van der Waals surface area contributed by atoms with E-state index >= 15 is 0 Å². The molecule has 0 aromatic heterocycles. The average molecular weight is 444 g/mol. The van der Waals surface area contributed by atoms with Crippen molar-refractivity contribution >= 4 is 31.4 Å². The molecule has 2 aromatic rings. The zero-order valence-corrected chi connectivity index (χ0v) is 19.8. The molecule has 0 saturated heterocycles. The van der Waals surface area contributed by atoms with E-state index in [0.717, 1.165) is 42.0 Å². The minimum absolute atomic E-state index is 0.320. The molecule has 0 fully saturated rings. The fourth-order valence-corrected chi connectivity index (χ4v) is 6.76. The minimum Gasteiger partial charge on any atom is -0.373 e. The Morgan fingerprint density at radius 2 is 1.48 bits per heavy atom. The van der Waals surface area contributed by atoms with Crippen LogP contribution in [0.5, 0.6) is 0 Å². The zero-order valence-electron chi connectivity index (χ0n) is 18.8. The van der Waals surface area contributed by atoms with Crippen molar-refractivity contribution in [3.8, 4) is 0 Å². The number of carbonyl (C=O) groups excluding carboxylic acids is 2. The first-order valence-corrected chi connectivity index (χ1v) is 13.3. The summed E-state index contributed by atoms with van der Waals surface area (Å²) in [6.07, 6.45) is 4.20. The lowest BCUT2D eigenvalue weighted by Crippen LogP contribution is -2.46. The van der Waals surface area contributed by atoms with Gasteiger partial charge in [-0.3, -0.25) is 14.9 Å². The fourth-order valence-electron chi connectivity index (χ4n) is 3.92. The van der Waals surface area contributed by atoms with Crippen molar-refractivity contribution in [2.24, 2.45) is 0 Å². The number of aryl methyl sites for hydroxylation is 1. The van der Waals surface area contributed by atoms with Gasteiger partial charge in [-0.15, -0.1) is 0 Å². The van der Waals surface area contributed by atoms with Crippen molar-refractivity contribution < 1.29 is 22.9 Å². The first-order chi connectivity index (χ1) is 15.0. The van der Waals surface area contributed by atoms with Gasteiger partial charge in [0.1, 0.15) is 0 Å². The summed E-state index contributed by atoms with van der Waals surface area (Å²) in [7, 11) is -2.77. The minimum atomic E-state index is -2.77. The first-order valence-electron chi connectivity index (χ1n) is 11.4. The summed E-state index contributed by atoms with van der Waals surface area (Å²) in [4.78, 5) is 25.0. The molecule has 0 spiro atoms. The standard InChI is InChI=1S/C24H33NO5Si/c1-4-14-28-31(29-15-5-2,30-16-6-3)17-8-10-19-13-12-18-9-7-11-20-21(18)22(19)24(27)25-23(20)26/h7,9,11-13H,4-6,8,10,14-17H2,1-3H3,(H,25,26,27). The second-order valence-electron chi connectivity index (χ2n) is 7.87. The van der Waals surface area contributed by atoms with Gasteiger partial charge >= 0.3 is 8.80 Å². The van der Waals surface area contributed by atoms with E-state index in [1.807, 2.05) is 24.3 Å². The molecule has 0 saturated carbocycles. The number of imide groups is 1. The van der Waals surface area contributed by atoms with E-state index in [0.29, 0.717) is 43.4 Å². The largest absolute Gasteiger partial charge is 0.500 e. The third kappa shape index (κ3) is 5.41. The van der Waals surface area contributed by atoms with Crippen LogP contribution >= 0.6 is 0 Å². The Hall–Kier alpha value is -2.06. The topological polar surface area (TPSA) is 73.9 Å². The molecule has 2 amide bonds. The predicted molar refractivity (Wildman–Crippen MR) is 123 cm³/mol. The van der Waals surface area contributed by atoms with Crippen LogP contribution in [0.25, 0.3) is 10.8 Å². The zero-order chi connectivity index (χ0) is 22.3. The van der Waals surface area contributed by atoms with E-state index in [-0.39, 0.29) is 11.8 Å². The van der Waals surface area contributed by atoms with Crippen LogP contribution in [0.1, 0.15) is 72.7 Å². The normalized spacial score (nSPS) is 13.6. The molecule has 0 aliphatic carbocycles. The monoisotopic (exact) mass is 443 g/mol. The lowest BCUT2D eigenvalue weighted by Gasteiger charge is -2.30. The lowest BCUT2D eigenvalue weighted by atomic mass is 9.90. The van der Waals surface area contributed by atoms with Crippen LogP contribution in [-0.2, 0) is 19.7 Å². The Morgan fingerprint density at radius 3 is 2.10 bits per heavy atom. The third-order valence-electron chi connectivity index (χ3n) is 5.34. The summed E-state index contributed by atoms with van der Waals surface area (Å²) in [5.74, 6) is -0.653. The first kappa shape index (κ1) is 23.6. The van der Waals surface area contributed by atoms with Gasteiger partial charge in [0.15, 0.2) is 0 Å². The molecule has 1 aliphatic rings. The van der Waals surface area contributed by atoms with Crippen molar-refractivity contribution in [2.75, 3.05) is 19.8 Å². The maximum Gasteiger partial charge on any atom is 0.500 e. The van der Waals surface area contributed by atoms with Gasteiger partial charge in [0.2, 0.25) is 0 Å². The van der Waals surface area contributed by atoms with E-state index in [1.165, 1.54) is 0 Å². The van der Waals surface area contributed by atoms with Gasteiger partial charge in [-0.05, 0) is 49.1 Å². The summed E-state index contributed by atoms with van der Waals surface area (Å²) in [5, 5.41) is 4.15. The Kier molecular flexibility index (Phi) is 8.37. The molecule has 6 nitrogen and oxygen atoms in total. The Balaban J connectivity index is 1.83. The Labute approximate surface area is 185 Å². The summed E-state index contributed by atoms with van der Waals surface area (Å²) >= 11 is 0. The molecule has 168 valence electrons. The molecule has 0 bridgehead atoms. The number of amides is 2. The Bertz CT molecular complexity index is 908. The van der Waals surface area contributed by atoms with Gasteiger partial charge in [0.05, 0.1) is 5.56 Å². The second kappa shape index (κ2) is 11.0. The maximum absolute atomic E-state index is 12.7. The molecule has 3 rings (SSSR count). The average Bonchev–Trinajstić information content (AvgIpc) is 2.78. The highest BCUT2D eigenvalue weighted by molar-refractivity contribution is 6.60. The van der Waals surface area contributed by atoms with E-state index in [2.05, 4.69) is 26.1 Å². The number of hydrogen-bond acceptors (Lipinski definition) is 5. The third-order valence-corrected chi connectivity index (χ3v) is 8.24. The highest BCUT2D eigenvalue weighted by Gasteiger charge is 2.40. The van der Waals surface area contributed by atoms with Gasteiger partial charge in [0, 0.05) is 36.8 Å². The molecule has 0 atom stereocenters. The predicted octanol–water partition coefficient (Wildman–Crippen LogP) is 4.87. The van der Waals surface area contributed by atoms with Gasteiger partial charge < -0.3 is 13.3 Å². The number of hydrogen-bond donors (Lipinski definition) is 1. The molecular weight excluding hydrogens is 410 g/mol. The van der Waals surface area contributed by atoms with E-state index in [9.17, 15) is 9.59 Å². The number of benzene rings is 2. The van der Waals surface area contributed by atoms with Gasteiger partial charge in [-0.2, -0.15) is 0 Å². The molecule has 1 aliphatic heterocycles. The smallest absolute Gasteiger partial charge is 0.373 e. The van der Waals surface area contributed by atoms with Crippen LogP contribution in [0, 0.1) is 0 Å². The van der Waals surface area contributed by atoms with E-state index in [4.69, 9.17) is 13.3 Å². The summed E-state index contributed by atoms with van der Waals surface area (Å²) in [6, 6.07) is 10.2. The molecule has 1 heterocycles. The van der Waals surface area contributed by atoms with Crippen molar-refractivity contribution in [1.82, 2.24) is 5.32 Å². The second-order valence-corrected chi connectivity index (χ2v) is 10.6. The van der Waals surface area contributed by atoms with E-state index < -0.39 is 8.80 Å². The number of nitrogens with one attached hydrogen (secondary N) is 1. The van der Waals surface area contributed by atoms with Crippen molar-refractivity contribution in [1.29, 1.82) is 0 Å². The summed E-state index contributed by atoms with van der Waals surface area (Å²) < 4.78 is 18.6. The van der Waals surface area contributed by atoms with Crippen LogP contribution in [-0.4, -0.2) is 40.4 Å². The van der Waals surface area contributed by atoms with Gasteiger partial charge in [-0.25, -0.2) is 0 Å². The molecular formula is C24H33NO5Si. The van der Waals surface area contributed by atoms with Crippen molar-refractivity contribution in [2.45, 2.75) is 58.9 Å². The van der Waals surface area contributed by atoms with Crippen molar-refractivity contribution in [3.63, 3.8) is 0 Å². The van der Waals surface area contributed by atoms with Crippen LogP contribution < -0.4 is 5.32 Å². The maximum atomic E-state index is 12.7. The molecule has 31 heavy (non-hydrogen) atoms. The van der Waals surface area contributed by atoms with E-state index in [1.54, 1.807) is 6.07 Å². The van der Waals surface area contributed by atoms with Crippen LogP contribution in [0.15, 0.2) is 30.3 Å². The molecule has 0 radical (unpaired) electrons. The Morgan fingerprint density at radius 1 is 0.839 bits per heavy atom. The molecule has 7 heteroatoms. The number of carbonyl (C=O) groups is 2. The summed E-state index contributed by atoms with van der Waals surface area (Å²) in [5.41, 5.74) is 2.11. The lowest BCUT2D eigenvalue weighted by molar-refractivity contribution is 0.0588.